The number of nitriles is 1. The highest BCUT2D eigenvalue weighted by atomic mass is 16.5. The van der Waals surface area contributed by atoms with E-state index in [-0.39, 0.29) is 5.88 Å². The van der Waals surface area contributed by atoms with E-state index < -0.39 is 0 Å². The van der Waals surface area contributed by atoms with E-state index in [0.29, 0.717) is 11.3 Å². The van der Waals surface area contributed by atoms with Crippen LogP contribution >= 0.6 is 0 Å². The molecule has 118 valence electrons. The van der Waals surface area contributed by atoms with Gasteiger partial charge in [0.15, 0.2) is 0 Å². The first-order valence-electron chi connectivity index (χ1n) is 7.72. The summed E-state index contributed by atoms with van der Waals surface area (Å²) in [6.45, 7) is 3.67. The van der Waals surface area contributed by atoms with Crippen LogP contribution in [0.25, 0.3) is 0 Å². The van der Waals surface area contributed by atoms with Crippen LogP contribution in [0.15, 0.2) is 54.6 Å². The van der Waals surface area contributed by atoms with Gasteiger partial charge in [-0.3, -0.25) is 0 Å². The van der Waals surface area contributed by atoms with Crippen LogP contribution in [0.5, 0.6) is 11.6 Å². The topological polar surface area (TPSA) is 58.8 Å². The Morgan fingerprint density at radius 3 is 2.25 bits per heavy atom. The second kappa shape index (κ2) is 6.93. The van der Waals surface area contributed by atoms with Crippen molar-refractivity contribution in [3.05, 3.63) is 82.5 Å². The zero-order valence-corrected chi connectivity index (χ0v) is 13.7. The zero-order chi connectivity index (χ0) is 16.9. The molecule has 0 aliphatic carbocycles. The smallest absolute Gasteiger partial charge is 0.257 e. The number of nitrogens with zero attached hydrogens (tertiary/aromatic N) is 3. The SMILES string of the molecule is Cc1nnc(Oc2ccc(Cc3ccccc3)cc2)c(C#N)c1C. The van der Waals surface area contributed by atoms with Crippen molar-refractivity contribution in [1.82, 2.24) is 10.2 Å². The van der Waals surface area contributed by atoms with Crippen LogP contribution in [0.4, 0.5) is 0 Å². The minimum atomic E-state index is 0.247. The normalized spacial score (nSPS) is 10.2. The summed E-state index contributed by atoms with van der Waals surface area (Å²) < 4.78 is 5.75. The Morgan fingerprint density at radius 1 is 0.917 bits per heavy atom. The summed E-state index contributed by atoms with van der Waals surface area (Å²) in [4.78, 5) is 0. The lowest BCUT2D eigenvalue weighted by molar-refractivity contribution is 0.451. The molecule has 0 unspecified atom stereocenters. The van der Waals surface area contributed by atoms with Crippen molar-refractivity contribution in [3.8, 4) is 17.7 Å². The van der Waals surface area contributed by atoms with Crippen molar-refractivity contribution >= 4 is 0 Å². The molecule has 1 heterocycles. The van der Waals surface area contributed by atoms with Gasteiger partial charge >= 0.3 is 0 Å². The number of ether oxygens (including phenoxy) is 1. The van der Waals surface area contributed by atoms with Crippen LogP contribution in [0.1, 0.15) is 27.9 Å². The largest absolute Gasteiger partial charge is 0.437 e. The summed E-state index contributed by atoms with van der Waals surface area (Å²) in [7, 11) is 0. The van der Waals surface area contributed by atoms with E-state index in [1.54, 1.807) is 0 Å². The van der Waals surface area contributed by atoms with E-state index in [4.69, 9.17) is 4.74 Å². The fourth-order valence-electron chi connectivity index (χ4n) is 2.41. The van der Waals surface area contributed by atoms with Crippen molar-refractivity contribution in [2.75, 3.05) is 0 Å². The molecule has 3 rings (SSSR count). The molecule has 0 aliphatic heterocycles. The fourth-order valence-corrected chi connectivity index (χ4v) is 2.41. The van der Waals surface area contributed by atoms with Crippen molar-refractivity contribution < 1.29 is 4.74 Å². The van der Waals surface area contributed by atoms with Gasteiger partial charge in [-0.25, -0.2) is 0 Å². The molecule has 0 saturated carbocycles. The molecule has 0 amide bonds. The molecule has 0 atom stereocenters. The third-order valence-corrected chi connectivity index (χ3v) is 3.92. The summed E-state index contributed by atoms with van der Waals surface area (Å²) >= 11 is 0. The number of aryl methyl sites for hydroxylation is 1. The summed E-state index contributed by atoms with van der Waals surface area (Å²) in [5.74, 6) is 0.886. The first-order valence-corrected chi connectivity index (χ1v) is 7.72. The third kappa shape index (κ3) is 3.41. The van der Waals surface area contributed by atoms with E-state index in [1.807, 2.05) is 56.3 Å². The average Bonchev–Trinajstić information content (AvgIpc) is 2.61. The summed E-state index contributed by atoms with van der Waals surface area (Å²) in [5.41, 5.74) is 4.41. The van der Waals surface area contributed by atoms with E-state index in [2.05, 4.69) is 28.4 Å². The maximum atomic E-state index is 9.31. The maximum absolute atomic E-state index is 9.31. The van der Waals surface area contributed by atoms with Crippen LogP contribution in [0.2, 0.25) is 0 Å². The summed E-state index contributed by atoms with van der Waals surface area (Å²) in [6, 6.07) is 20.2. The lowest BCUT2D eigenvalue weighted by Gasteiger charge is -2.09. The molecular weight excluding hydrogens is 298 g/mol. The second-order valence-corrected chi connectivity index (χ2v) is 5.61. The van der Waals surface area contributed by atoms with Gasteiger partial charge in [-0.1, -0.05) is 42.5 Å². The lowest BCUT2D eigenvalue weighted by Crippen LogP contribution is -2.00. The van der Waals surface area contributed by atoms with Crippen LogP contribution in [0.3, 0.4) is 0 Å². The highest BCUT2D eigenvalue weighted by Gasteiger charge is 2.12. The van der Waals surface area contributed by atoms with Gasteiger partial charge in [0.2, 0.25) is 0 Å². The molecule has 0 saturated heterocycles. The quantitative estimate of drug-likeness (QED) is 0.718. The number of aromatic nitrogens is 2. The predicted octanol–water partition coefficient (Wildman–Crippen LogP) is 4.35. The Bertz CT molecular complexity index is 881. The van der Waals surface area contributed by atoms with Gasteiger partial charge in [0.25, 0.3) is 5.88 Å². The number of benzene rings is 2. The molecule has 0 N–H and O–H groups in total. The molecule has 1 aromatic heterocycles. The van der Waals surface area contributed by atoms with Gasteiger partial charge < -0.3 is 4.74 Å². The summed E-state index contributed by atoms with van der Waals surface area (Å²) in [5, 5.41) is 17.3. The Morgan fingerprint density at radius 2 is 1.58 bits per heavy atom. The van der Waals surface area contributed by atoms with E-state index in [1.165, 1.54) is 11.1 Å². The predicted molar refractivity (Wildman–Crippen MR) is 92.0 cm³/mol. The molecule has 4 heteroatoms. The molecule has 24 heavy (non-hydrogen) atoms. The van der Waals surface area contributed by atoms with Gasteiger partial charge in [0.05, 0.1) is 5.69 Å². The highest BCUT2D eigenvalue weighted by molar-refractivity contribution is 5.46. The average molecular weight is 315 g/mol. The van der Waals surface area contributed by atoms with Gasteiger partial charge in [0, 0.05) is 0 Å². The monoisotopic (exact) mass is 315 g/mol. The Labute approximate surface area is 141 Å². The molecule has 0 bridgehead atoms. The molecule has 0 radical (unpaired) electrons. The van der Waals surface area contributed by atoms with Crippen LogP contribution in [0, 0.1) is 25.2 Å². The lowest BCUT2D eigenvalue weighted by atomic mass is 10.1. The first kappa shape index (κ1) is 15.7. The molecular formula is C20H17N3O. The molecule has 0 fully saturated rings. The van der Waals surface area contributed by atoms with E-state index >= 15 is 0 Å². The van der Waals surface area contributed by atoms with Gasteiger partial charge in [-0.2, -0.15) is 10.4 Å². The maximum Gasteiger partial charge on any atom is 0.257 e. The number of rotatable bonds is 4. The standard InChI is InChI=1S/C20H17N3O/c1-14-15(2)22-23-20(19(14)13-21)24-18-10-8-17(9-11-18)12-16-6-4-3-5-7-16/h3-11H,12H2,1-2H3. The van der Waals surface area contributed by atoms with Gasteiger partial charge in [-0.15, -0.1) is 5.10 Å². The van der Waals surface area contributed by atoms with Crippen molar-refractivity contribution in [2.45, 2.75) is 20.3 Å². The van der Waals surface area contributed by atoms with Crippen LogP contribution in [-0.2, 0) is 6.42 Å². The zero-order valence-electron chi connectivity index (χ0n) is 13.7. The number of hydrogen-bond donors (Lipinski definition) is 0. The number of hydrogen-bond acceptors (Lipinski definition) is 4. The Hall–Kier alpha value is -3.19. The summed E-state index contributed by atoms with van der Waals surface area (Å²) in [6.07, 6.45) is 0.869. The van der Waals surface area contributed by atoms with Gasteiger partial charge in [-0.05, 0) is 49.1 Å². The molecule has 3 aromatic rings. The minimum Gasteiger partial charge on any atom is -0.437 e. The Kier molecular flexibility index (Phi) is 4.53. The van der Waals surface area contributed by atoms with Crippen molar-refractivity contribution in [3.63, 3.8) is 0 Å². The van der Waals surface area contributed by atoms with Crippen LogP contribution < -0.4 is 4.74 Å². The minimum absolute atomic E-state index is 0.247. The van der Waals surface area contributed by atoms with Gasteiger partial charge in [0.1, 0.15) is 17.4 Å². The van der Waals surface area contributed by atoms with Crippen LogP contribution in [-0.4, -0.2) is 10.2 Å². The van der Waals surface area contributed by atoms with Crippen molar-refractivity contribution in [1.29, 1.82) is 5.26 Å². The first-order chi connectivity index (χ1) is 11.7. The fraction of sp³-hybridized carbons (Fsp3) is 0.150. The van der Waals surface area contributed by atoms with E-state index in [0.717, 1.165) is 17.7 Å². The molecule has 2 aromatic carbocycles. The molecule has 4 nitrogen and oxygen atoms in total. The van der Waals surface area contributed by atoms with E-state index in [9.17, 15) is 5.26 Å². The Balaban J connectivity index is 1.78. The van der Waals surface area contributed by atoms with Crippen molar-refractivity contribution in [2.24, 2.45) is 0 Å². The molecule has 0 aliphatic rings. The third-order valence-electron chi connectivity index (χ3n) is 3.92. The highest BCUT2D eigenvalue weighted by Crippen LogP contribution is 2.25. The molecule has 0 spiro atoms. The second-order valence-electron chi connectivity index (χ2n) is 5.61.